The van der Waals surface area contributed by atoms with Gasteiger partial charge >= 0.3 is 0 Å². The van der Waals surface area contributed by atoms with Gasteiger partial charge in [0.2, 0.25) is 0 Å². The highest BCUT2D eigenvalue weighted by Crippen LogP contribution is 2.39. The summed E-state index contributed by atoms with van der Waals surface area (Å²) in [7, 11) is 0. The SMILES string of the molecule is CC1Cc2ccccc2N1Cc1ccoc1-c1nc(C2(N)CCC2)no1. The second kappa shape index (κ2) is 5.71. The molecule has 0 bridgehead atoms. The first-order valence-corrected chi connectivity index (χ1v) is 9.18. The molecule has 1 saturated carbocycles. The van der Waals surface area contributed by atoms with E-state index in [-0.39, 0.29) is 0 Å². The van der Waals surface area contributed by atoms with Crippen molar-refractivity contribution in [2.45, 2.75) is 50.7 Å². The van der Waals surface area contributed by atoms with Crippen molar-refractivity contribution in [3.63, 3.8) is 0 Å². The normalized spacial score (nSPS) is 20.8. The lowest BCUT2D eigenvalue weighted by Gasteiger charge is -2.34. The van der Waals surface area contributed by atoms with Gasteiger partial charge in [0.15, 0.2) is 11.6 Å². The fourth-order valence-electron chi connectivity index (χ4n) is 4.00. The van der Waals surface area contributed by atoms with Crippen molar-refractivity contribution in [1.82, 2.24) is 10.1 Å². The van der Waals surface area contributed by atoms with Gasteiger partial charge in [-0.15, -0.1) is 0 Å². The summed E-state index contributed by atoms with van der Waals surface area (Å²) >= 11 is 0. The van der Waals surface area contributed by atoms with Gasteiger partial charge in [0.1, 0.15) is 0 Å². The van der Waals surface area contributed by atoms with Crippen LogP contribution in [0.3, 0.4) is 0 Å². The topological polar surface area (TPSA) is 81.3 Å². The van der Waals surface area contributed by atoms with Gasteiger partial charge in [-0.25, -0.2) is 0 Å². The number of rotatable bonds is 4. The second-order valence-electron chi connectivity index (χ2n) is 7.52. The van der Waals surface area contributed by atoms with E-state index in [1.807, 2.05) is 6.07 Å². The third kappa shape index (κ3) is 2.36. The predicted molar refractivity (Wildman–Crippen MR) is 97.5 cm³/mol. The molecule has 1 aromatic carbocycles. The number of hydrogen-bond acceptors (Lipinski definition) is 6. The molecule has 1 atom stereocenters. The second-order valence-corrected chi connectivity index (χ2v) is 7.52. The molecule has 6 heteroatoms. The van der Waals surface area contributed by atoms with E-state index in [9.17, 15) is 0 Å². The zero-order valence-corrected chi connectivity index (χ0v) is 14.8. The summed E-state index contributed by atoms with van der Waals surface area (Å²) in [4.78, 5) is 6.93. The fourth-order valence-corrected chi connectivity index (χ4v) is 4.00. The highest BCUT2D eigenvalue weighted by atomic mass is 16.5. The quantitative estimate of drug-likeness (QED) is 0.774. The Morgan fingerprint density at radius 2 is 2.12 bits per heavy atom. The molecule has 2 aliphatic rings. The van der Waals surface area contributed by atoms with Crippen LogP contribution in [-0.2, 0) is 18.5 Å². The molecule has 134 valence electrons. The summed E-state index contributed by atoms with van der Waals surface area (Å²) in [5.41, 5.74) is 9.59. The molecular formula is C20H22N4O2. The first kappa shape index (κ1) is 15.6. The summed E-state index contributed by atoms with van der Waals surface area (Å²) in [6, 6.07) is 11.0. The van der Waals surface area contributed by atoms with E-state index >= 15 is 0 Å². The zero-order valence-electron chi connectivity index (χ0n) is 14.8. The molecule has 0 radical (unpaired) electrons. The number of furan rings is 1. The third-order valence-electron chi connectivity index (χ3n) is 5.75. The largest absolute Gasteiger partial charge is 0.459 e. The average Bonchev–Trinajstić information content (AvgIpc) is 3.32. The number of nitrogens with zero attached hydrogens (tertiary/aromatic N) is 3. The van der Waals surface area contributed by atoms with Crippen LogP contribution < -0.4 is 10.6 Å². The molecule has 6 nitrogen and oxygen atoms in total. The molecule has 0 spiro atoms. The number of fused-ring (bicyclic) bond motifs is 1. The van der Waals surface area contributed by atoms with E-state index in [1.54, 1.807) is 6.26 Å². The maximum atomic E-state index is 6.31. The molecule has 2 N–H and O–H groups in total. The lowest BCUT2D eigenvalue weighted by atomic mass is 9.77. The lowest BCUT2D eigenvalue weighted by Crippen LogP contribution is -2.44. The summed E-state index contributed by atoms with van der Waals surface area (Å²) in [5, 5.41) is 4.11. The minimum atomic E-state index is -0.434. The minimum Gasteiger partial charge on any atom is -0.459 e. The number of anilines is 1. The molecule has 26 heavy (non-hydrogen) atoms. The van der Waals surface area contributed by atoms with E-state index in [4.69, 9.17) is 14.7 Å². The van der Waals surface area contributed by atoms with Crippen LogP contribution >= 0.6 is 0 Å². The lowest BCUT2D eigenvalue weighted by molar-refractivity contribution is 0.229. The Balaban J connectivity index is 1.44. The third-order valence-corrected chi connectivity index (χ3v) is 5.75. The van der Waals surface area contributed by atoms with E-state index in [0.29, 0.717) is 23.5 Å². The van der Waals surface area contributed by atoms with Crippen LogP contribution in [0, 0.1) is 0 Å². The number of aromatic nitrogens is 2. The van der Waals surface area contributed by atoms with Crippen molar-refractivity contribution >= 4 is 5.69 Å². The molecular weight excluding hydrogens is 328 g/mol. The fraction of sp³-hybridized carbons (Fsp3) is 0.400. The molecule has 1 aliphatic carbocycles. The number of benzene rings is 1. The van der Waals surface area contributed by atoms with Gasteiger partial charge in [0.05, 0.1) is 11.8 Å². The molecule has 5 rings (SSSR count). The Bertz CT molecular complexity index is 941. The van der Waals surface area contributed by atoms with Crippen molar-refractivity contribution < 1.29 is 8.94 Å². The first-order chi connectivity index (χ1) is 12.6. The Labute approximate surface area is 152 Å². The van der Waals surface area contributed by atoms with Gasteiger partial charge in [-0.1, -0.05) is 23.4 Å². The molecule has 0 amide bonds. The zero-order chi connectivity index (χ0) is 17.7. The van der Waals surface area contributed by atoms with Gasteiger partial charge in [-0.2, -0.15) is 4.98 Å². The van der Waals surface area contributed by atoms with Crippen LogP contribution in [0.1, 0.15) is 43.1 Å². The van der Waals surface area contributed by atoms with Crippen LogP contribution in [0.2, 0.25) is 0 Å². The minimum absolute atomic E-state index is 0.414. The van der Waals surface area contributed by atoms with Crippen molar-refractivity contribution in [1.29, 1.82) is 0 Å². The molecule has 3 heterocycles. The highest BCUT2D eigenvalue weighted by molar-refractivity contribution is 5.61. The molecule has 1 fully saturated rings. The van der Waals surface area contributed by atoms with E-state index < -0.39 is 5.54 Å². The average molecular weight is 350 g/mol. The van der Waals surface area contributed by atoms with Crippen LogP contribution in [0.15, 0.2) is 45.5 Å². The smallest absolute Gasteiger partial charge is 0.294 e. The summed E-state index contributed by atoms with van der Waals surface area (Å²) in [5.74, 6) is 1.64. The number of nitrogens with two attached hydrogens (primary N) is 1. The van der Waals surface area contributed by atoms with Crippen LogP contribution in [0.4, 0.5) is 5.69 Å². The first-order valence-electron chi connectivity index (χ1n) is 9.18. The van der Waals surface area contributed by atoms with Gasteiger partial charge in [-0.3, -0.25) is 0 Å². The van der Waals surface area contributed by atoms with Crippen LogP contribution in [-0.4, -0.2) is 16.2 Å². The van der Waals surface area contributed by atoms with E-state index in [1.165, 1.54) is 11.3 Å². The predicted octanol–water partition coefficient (Wildman–Crippen LogP) is 3.62. The maximum absolute atomic E-state index is 6.31. The van der Waals surface area contributed by atoms with Crippen molar-refractivity contribution in [3.8, 4) is 11.7 Å². The summed E-state index contributed by atoms with van der Waals surface area (Å²) < 4.78 is 11.2. The van der Waals surface area contributed by atoms with E-state index in [0.717, 1.165) is 37.8 Å². The van der Waals surface area contributed by atoms with Gasteiger partial charge in [-0.05, 0) is 50.3 Å². The van der Waals surface area contributed by atoms with Crippen molar-refractivity contribution in [3.05, 3.63) is 53.5 Å². The van der Waals surface area contributed by atoms with Crippen molar-refractivity contribution in [2.24, 2.45) is 5.73 Å². The van der Waals surface area contributed by atoms with E-state index in [2.05, 4.69) is 46.2 Å². The van der Waals surface area contributed by atoms with Crippen molar-refractivity contribution in [2.75, 3.05) is 4.90 Å². The van der Waals surface area contributed by atoms with Crippen LogP contribution in [0.5, 0.6) is 0 Å². The molecule has 1 unspecified atom stereocenters. The molecule has 2 aromatic heterocycles. The monoisotopic (exact) mass is 350 g/mol. The number of hydrogen-bond donors (Lipinski definition) is 1. The Morgan fingerprint density at radius 1 is 1.27 bits per heavy atom. The number of para-hydroxylation sites is 1. The Hall–Kier alpha value is -2.60. The maximum Gasteiger partial charge on any atom is 0.294 e. The molecule has 3 aromatic rings. The standard InChI is InChI=1S/C20H22N4O2/c1-13-11-14-5-2-3-6-16(14)24(13)12-15-7-10-25-17(15)18-22-19(23-26-18)20(21)8-4-9-20/h2-3,5-7,10,13H,4,8-9,11-12,21H2,1H3. The van der Waals surface area contributed by atoms with Crippen LogP contribution in [0.25, 0.3) is 11.7 Å². The van der Waals surface area contributed by atoms with Gasteiger partial charge in [0, 0.05) is 23.8 Å². The Morgan fingerprint density at radius 3 is 2.92 bits per heavy atom. The molecule has 0 saturated heterocycles. The van der Waals surface area contributed by atoms with Gasteiger partial charge in [0.25, 0.3) is 5.89 Å². The summed E-state index contributed by atoms with van der Waals surface area (Å²) in [6.45, 7) is 2.99. The Kier molecular flexibility index (Phi) is 3.43. The summed E-state index contributed by atoms with van der Waals surface area (Å²) in [6.07, 6.45) is 5.66. The molecule has 1 aliphatic heterocycles. The highest BCUT2D eigenvalue weighted by Gasteiger charge is 2.39. The van der Waals surface area contributed by atoms with Gasteiger partial charge < -0.3 is 19.6 Å².